The molecule has 8 nitrogen and oxygen atoms in total. The standard InChI is InChI=1S/C19H12ClN3O5S2/c20-10-3-1-9(2-4-10)12-8-29-17(15(12)19(25)26)22-16(24)18-21-13-6-5-11(23(27)28)7-14(13)30-18/h1-8,27-28H,(H,22,24)(H,25,26). The smallest absolute Gasteiger partial charge is 0.339 e. The van der Waals surface area contributed by atoms with Crippen molar-refractivity contribution in [2.45, 2.75) is 0 Å². The summed E-state index contributed by atoms with van der Waals surface area (Å²) in [6.45, 7) is 0. The molecule has 2 aromatic heterocycles. The zero-order chi connectivity index (χ0) is 21.4. The number of rotatable bonds is 5. The van der Waals surface area contributed by atoms with Crippen molar-refractivity contribution in [1.29, 1.82) is 0 Å². The summed E-state index contributed by atoms with van der Waals surface area (Å²) in [5, 5.41) is 33.0. The summed E-state index contributed by atoms with van der Waals surface area (Å²) in [6.07, 6.45) is 0. The van der Waals surface area contributed by atoms with Crippen LogP contribution < -0.4 is 10.5 Å². The first-order chi connectivity index (χ1) is 14.3. The number of carboxylic acid groups (broad SMARTS) is 1. The second kappa shape index (κ2) is 8.01. The van der Waals surface area contributed by atoms with Crippen LogP contribution in [0.2, 0.25) is 5.02 Å². The van der Waals surface area contributed by atoms with E-state index in [2.05, 4.69) is 10.3 Å². The SMILES string of the molecule is O=C(Nc1scc(-c2ccc(Cl)cc2)c1C(=O)O)c1nc2ccc(N(O)O)cc2s1. The van der Waals surface area contributed by atoms with E-state index < -0.39 is 11.9 Å². The van der Waals surface area contributed by atoms with Crippen LogP contribution in [0, 0.1) is 0 Å². The van der Waals surface area contributed by atoms with Crippen molar-refractivity contribution in [3.63, 3.8) is 0 Å². The van der Waals surface area contributed by atoms with Gasteiger partial charge in [-0.1, -0.05) is 23.7 Å². The lowest BCUT2D eigenvalue weighted by Gasteiger charge is -2.06. The number of hydrogen-bond acceptors (Lipinski definition) is 8. The van der Waals surface area contributed by atoms with Crippen molar-refractivity contribution in [3.8, 4) is 11.1 Å². The summed E-state index contributed by atoms with van der Waals surface area (Å²) in [6, 6.07) is 11.2. The Balaban J connectivity index is 1.65. The van der Waals surface area contributed by atoms with Gasteiger partial charge in [-0.2, -0.15) is 0 Å². The minimum absolute atomic E-state index is 0.0183. The van der Waals surface area contributed by atoms with E-state index in [4.69, 9.17) is 22.0 Å². The van der Waals surface area contributed by atoms with E-state index in [1.165, 1.54) is 12.1 Å². The van der Waals surface area contributed by atoms with Crippen LogP contribution in [0.5, 0.6) is 0 Å². The molecule has 0 atom stereocenters. The van der Waals surface area contributed by atoms with Crippen LogP contribution in [0.1, 0.15) is 20.2 Å². The summed E-state index contributed by atoms with van der Waals surface area (Å²) in [4.78, 5) is 28.8. The number of aromatic nitrogens is 1. The fraction of sp³-hybridized carbons (Fsp3) is 0. The molecule has 1 amide bonds. The largest absolute Gasteiger partial charge is 0.478 e. The molecular formula is C19H12ClN3O5S2. The number of halogens is 1. The number of thiophene rings is 1. The maximum absolute atomic E-state index is 12.7. The highest BCUT2D eigenvalue weighted by Gasteiger charge is 2.23. The lowest BCUT2D eigenvalue weighted by Crippen LogP contribution is -2.13. The van der Waals surface area contributed by atoms with E-state index in [0.29, 0.717) is 26.4 Å². The fourth-order valence-corrected chi connectivity index (χ4v) is 4.77. The molecule has 0 aliphatic carbocycles. The van der Waals surface area contributed by atoms with Crippen LogP contribution in [0.3, 0.4) is 0 Å². The molecular weight excluding hydrogens is 450 g/mol. The van der Waals surface area contributed by atoms with E-state index >= 15 is 0 Å². The number of anilines is 2. The van der Waals surface area contributed by atoms with Crippen LogP contribution in [0.15, 0.2) is 47.8 Å². The lowest BCUT2D eigenvalue weighted by molar-refractivity contribution is 0.0292. The van der Waals surface area contributed by atoms with Crippen molar-refractivity contribution in [2.24, 2.45) is 0 Å². The van der Waals surface area contributed by atoms with Gasteiger partial charge < -0.3 is 10.4 Å². The quantitative estimate of drug-likeness (QED) is 0.301. The highest BCUT2D eigenvalue weighted by atomic mass is 35.5. The van der Waals surface area contributed by atoms with Gasteiger partial charge in [-0.25, -0.2) is 9.78 Å². The summed E-state index contributed by atoms with van der Waals surface area (Å²) in [5.74, 6) is -1.73. The van der Waals surface area contributed by atoms with Gasteiger partial charge in [0.1, 0.15) is 10.6 Å². The Bertz CT molecular complexity index is 1270. The maximum atomic E-state index is 12.7. The van der Waals surface area contributed by atoms with Crippen molar-refractivity contribution in [2.75, 3.05) is 10.5 Å². The lowest BCUT2D eigenvalue weighted by atomic mass is 10.0. The molecule has 0 bridgehead atoms. The molecule has 4 aromatic rings. The molecule has 0 radical (unpaired) electrons. The number of hydrogen-bond donors (Lipinski definition) is 4. The van der Waals surface area contributed by atoms with Gasteiger partial charge in [0.2, 0.25) is 0 Å². The molecule has 2 aromatic carbocycles. The maximum Gasteiger partial charge on any atom is 0.339 e. The number of nitrogens with one attached hydrogen (secondary N) is 1. The molecule has 2 heterocycles. The van der Waals surface area contributed by atoms with E-state index in [1.54, 1.807) is 35.7 Å². The highest BCUT2D eigenvalue weighted by molar-refractivity contribution is 7.20. The summed E-state index contributed by atoms with van der Waals surface area (Å²) >= 11 is 8.04. The minimum atomic E-state index is -1.17. The van der Waals surface area contributed by atoms with Crippen molar-refractivity contribution in [3.05, 3.63) is 63.4 Å². The highest BCUT2D eigenvalue weighted by Crippen LogP contribution is 2.36. The normalized spacial score (nSPS) is 10.9. The van der Waals surface area contributed by atoms with E-state index in [1.807, 2.05) is 0 Å². The molecule has 0 aliphatic rings. The predicted octanol–water partition coefficient (Wildman–Crippen LogP) is 5.21. The van der Waals surface area contributed by atoms with Crippen molar-refractivity contribution >= 4 is 67.1 Å². The summed E-state index contributed by atoms with van der Waals surface area (Å²) < 4.78 is 0.567. The summed E-state index contributed by atoms with van der Waals surface area (Å²) in [7, 11) is 0. The Morgan fingerprint density at radius 1 is 1.10 bits per heavy atom. The van der Waals surface area contributed by atoms with Gasteiger partial charge in [0.05, 0.1) is 15.9 Å². The monoisotopic (exact) mass is 461 g/mol. The van der Waals surface area contributed by atoms with E-state index in [-0.39, 0.29) is 26.5 Å². The topological polar surface area (TPSA) is 123 Å². The number of nitrogens with zero attached hydrogens (tertiary/aromatic N) is 2. The number of carboxylic acids is 1. The number of carbonyl (C=O) groups is 2. The molecule has 4 rings (SSSR count). The number of carbonyl (C=O) groups excluding carboxylic acids is 1. The van der Waals surface area contributed by atoms with Crippen molar-refractivity contribution in [1.82, 2.24) is 4.98 Å². The molecule has 11 heteroatoms. The minimum Gasteiger partial charge on any atom is -0.478 e. The number of benzene rings is 2. The van der Waals surface area contributed by atoms with Crippen LogP contribution >= 0.6 is 34.3 Å². The first-order valence-corrected chi connectivity index (χ1v) is 10.4. The second-order valence-corrected chi connectivity index (χ2v) is 8.43. The average Bonchev–Trinajstić information content (AvgIpc) is 3.32. The number of thiazole rings is 1. The molecule has 0 fully saturated rings. The molecule has 0 saturated carbocycles. The number of fused-ring (bicyclic) bond motifs is 1. The molecule has 0 unspecified atom stereocenters. The summed E-state index contributed by atoms with van der Waals surface area (Å²) in [5.41, 5.74) is 1.74. The van der Waals surface area contributed by atoms with E-state index in [9.17, 15) is 14.7 Å². The molecule has 4 N–H and O–H groups in total. The first-order valence-electron chi connectivity index (χ1n) is 8.34. The second-order valence-electron chi connectivity index (χ2n) is 6.08. The predicted molar refractivity (Wildman–Crippen MR) is 115 cm³/mol. The molecule has 30 heavy (non-hydrogen) atoms. The Morgan fingerprint density at radius 2 is 1.83 bits per heavy atom. The van der Waals surface area contributed by atoms with Gasteiger partial charge in [-0.3, -0.25) is 15.2 Å². The molecule has 0 spiro atoms. The third kappa shape index (κ3) is 3.86. The molecule has 152 valence electrons. The third-order valence-corrected chi connectivity index (χ3v) is 6.35. The third-order valence-electron chi connectivity index (χ3n) is 4.18. The fourth-order valence-electron chi connectivity index (χ4n) is 2.80. The van der Waals surface area contributed by atoms with Crippen LogP contribution in [0.25, 0.3) is 21.3 Å². The number of aromatic carboxylic acids is 1. The Hall–Kier alpha value is -3.02. The van der Waals surface area contributed by atoms with Gasteiger partial charge in [0.15, 0.2) is 5.01 Å². The van der Waals surface area contributed by atoms with Gasteiger partial charge in [-0.05, 0) is 35.9 Å². The zero-order valence-electron chi connectivity index (χ0n) is 14.9. The van der Waals surface area contributed by atoms with Gasteiger partial charge in [-0.15, -0.1) is 27.9 Å². The van der Waals surface area contributed by atoms with Crippen LogP contribution in [-0.2, 0) is 0 Å². The average molecular weight is 462 g/mol. The van der Waals surface area contributed by atoms with Gasteiger partial charge in [0.25, 0.3) is 5.91 Å². The number of amides is 1. The van der Waals surface area contributed by atoms with Gasteiger partial charge >= 0.3 is 5.97 Å². The molecule has 0 aliphatic heterocycles. The molecule has 0 saturated heterocycles. The van der Waals surface area contributed by atoms with Crippen molar-refractivity contribution < 1.29 is 25.1 Å². The van der Waals surface area contributed by atoms with Crippen LogP contribution in [-0.4, -0.2) is 32.4 Å². The Kier molecular flexibility index (Phi) is 5.41. The van der Waals surface area contributed by atoms with Crippen LogP contribution in [0.4, 0.5) is 10.7 Å². The Morgan fingerprint density at radius 3 is 2.50 bits per heavy atom. The van der Waals surface area contributed by atoms with E-state index in [0.717, 1.165) is 22.7 Å². The Labute approximate surface area is 182 Å². The zero-order valence-corrected chi connectivity index (χ0v) is 17.3. The first kappa shape index (κ1) is 20.3. The van der Waals surface area contributed by atoms with Gasteiger partial charge in [0, 0.05) is 16.0 Å².